The van der Waals surface area contributed by atoms with Crippen molar-refractivity contribution < 1.29 is 18.7 Å². The molecule has 0 saturated heterocycles. The van der Waals surface area contributed by atoms with E-state index in [2.05, 4.69) is 4.90 Å². The van der Waals surface area contributed by atoms with Gasteiger partial charge in [-0.1, -0.05) is 6.92 Å². The number of rotatable bonds is 9. The predicted molar refractivity (Wildman–Crippen MR) is 97.2 cm³/mol. The summed E-state index contributed by atoms with van der Waals surface area (Å²) in [6.45, 7) is 5.04. The molecular weight excluding hydrogens is 345 g/mol. The summed E-state index contributed by atoms with van der Waals surface area (Å²) in [7, 11) is 0. The van der Waals surface area contributed by atoms with E-state index in [0.717, 1.165) is 25.8 Å². The molecule has 1 aromatic rings. The van der Waals surface area contributed by atoms with E-state index in [0.29, 0.717) is 30.0 Å². The van der Waals surface area contributed by atoms with Crippen LogP contribution in [0.5, 0.6) is 5.75 Å². The third-order valence-corrected chi connectivity index (χ3v) is 4.96. The van der Waals surface area contributed by atoms with Crippen molar-refractivity contribution in [3.05, 3.63) is 29.3 Å². The molecule has 0 N–H and O–H groups in total. The second-order valence-corrected chi connectivity index (χ2v) is 6.41. The number of likely N-dealkylation sites (N-methyl/N-ethyl adjacent to an activating group) is 1. The van der Waals surface area contributed by atoms with Crippen LogP contribution in [0.3, 0.4) is 0 Å². The van der Waals surface area contributed by atoms with Gasteiger partial charge in [-0.15, -0.1) is 11.6 Å². The summed E-state index contributed by atoms with van der Waals surface area (Å²) < 4.78 is 24.0. The quantitative estimate of drug-likeness (QED) is 0.482. The van der Waals surface area contributed by atoms with E-state index < -0.39 is 0 Å². The minimum absolute atomic E-state index is 0.0307. The molecule has 0 amide bonds. The minimum atomic E-state index is -0.372. The summed E-state index contributed by atoms with van der Waals surface area (Å²) in [5.41, 5.74) is 1.17. The number of halogens is 2. The van der Waals surface area contributed by atoms with Crippen molar-refractivity contribution in [2.24, 2.45) is 0 Å². The molecule has 1 aromatic carbocycles. The molecule has 25 heavy (non-hydrogen) atoms. The number of hydrogen-bond donors (Lipinski definition) is 0. The van der Waals surface area contributed by atoms with E-state index in [-0.39, 0.29) is 30.7 Å². The van der Waals surface area contributed by atoms with Crippen molar-refractivity contribution in [3.63, 3.8) is 0 Å². The second kappa shape index (κ2) is 9.97. The summed E-state index contributed by atoms with van der Waals surface area (Å²) in [5, 5.41) is 0. The molecule has 2 atom stereocenters. The fourth-order valence-corrected chi connectivity index (χ4v) is 3.69. The average Bonchev–Trinajstić information content (AvgIpc) is 3.07. The highest BCUT2D eigenvalue weighted by atomic mass is 35.5. The molecule has 0 radical (unpaired) electrons. The van der Waals surface area contributed by atoms with Crippen LogP contribution in [0, 0.1) is 0 Å². The first-order valence-electron chi connectivity index (χ1n) is 8.97. The Labute approximate surface area is 154 Å². The van der Waals surface area contributed by atoms with Crippen LogP contribution < -0.4 is 4.74 Å². The second-order valence-electron chi connectivity index (χ2n) is 6.15. The van der Waals surface area contributed by atoms with Gasteiger partial charge in [0.15, 0.2) is 0 Å². The molecular formula is C19H27ClFNO3. The van der Waals surface area contributed by atoms with Crippen LogP contribution in [0.25, 0.3) is 0 Å². The van der Waals surface area contributed by atoms with E-state index in [4.69, 9.17) is 21.1 Å². The third-order valence-electron chi connectivity index (χ3n) is 4.67. The normalized spacial score (nSPS) is 20.0. The van der Waals surface area contributed by atoms with Crippen LogP contribution in [-0.2, 0) is 10.6 Å². The fraction of sp³-hybridized carbons (Fsp3) is 0.632. The van der Waals surface area contributed by atoms with Gasteiger partial charge < -0.3 is 9.47 Å². The van der Waals surface area contributed by atoms with Gasteiger partial charge in [0.1, 0.15) is 18.5 Å². The first-order chi connectivity index (χ1) is 12.1. The Morgan fingerprint density at radius 1 is 1.36 bits per heavy atom. The molecule has 140 valence electrons. The lowest BCUT2D eigenvalue weighted by Crippen LogP contribution is -2.43. The van der Waals surface area contributed by atoms with Gasteiger partial charge in [-0.05, 0) is 56.5 Å². The zero-order valence-electron chi connectivity index (χ0n) is 15.0. The number of ether oxygens (including phenoxy) is 2. The lowest BCUT2D eigenvalue weighted by molar-refractivity contribution is 0.0525. The highest BCUT2D eigenvalue weighted by Crippen LogP contribution is 2.30. The average molecular weight is 372 g/mol. The maximum Gasteiger partial charge on any atom is 0.338 e. The Morgan fingerprint density at radius 3 is 2.80 bits per heavy atom. The molecule has 0 unspecified atom stereocenters. The minimum Gasteiger partial charge on any atom is -0.489 e. The SMILES string of the molecule is CCOC(=O)c1ccc(O[C@H]2CCC[C@@H]2N(CC)CCF)cc1CCl. The number of carbonyl (C=O) groups excluding carboxylic acids is 1. The third kappa shape index (κ3) is 5.08. The topological polar surface area (TPSA) is 38.8 Å². The van der Waals surface area contributed by atoms with Crippen LogP contribution in [0.1, 0.15) is 49.0 Å². The van der Waals surface area contributed by atoms with Gasteiger partial charge in [-0.25, -0.2) is 9.18 Å². The fourth-order valence-electron chi connectivity index (χ4n) is 3.47. The molecule has 0 bridgehead atoms. The van der Waals surface area contributed by atoms with Gasteiger partial charge in [-0.2, -0.15) is 0 Å². The summed E-state index contributed by atoms with van der Waals surface area (Å²) in [5.74, 6) is 0.531. The van der Waals surface area contributed by atoms with Crippen LogP contribution in [-0.4, -0.2) is 49.4 Å². The molecule has 0 heterocycles. The largest absolute Gasteiger partial charge is 0.489 e. The number of alkyl halides is 2. The number of carbonyl (C=O) groups is 1. The highest BCUT2D eigenvalue weighted by Gasteiger charge is 2.33. The Balaban J connectivity index is 2.12. The Morgan fingerprint density at radius 2 is 2.16 bits per heavy atom. The van der Waals surface area contributed by atoms with Crippen LogP contribution in [0.4, 0.5) is 4.39 Å². The smallest absolute Gasteiger partial charge is 0.338 e. The Hall–Kier alpha value is -1.33. The van der Waals surface area contributed by atoms with Gasteiger partial charge in [0, 0.05) is 18.5 Å². The van der Waals surface area contributed by atoms with E-state index in [1.54, 1.807) is 25.1 Å². The van der Waals surface area contributed by atoms with Crippen molar-refractivity contribution in [2.75, 3.05) is 26.4 Å². The van der Waals surface area contributed by atoms with Gasteiger partial charge in [0.2, 0.25) is 0 Å². The highest BCUT2D eigenvalue weighted by molar-refractivity contribution is 6.17. The molecule has 1 saturated carbocycles. The van der Waals surface area contributed by atoms with E-state index in [9.17, 15) is 9.18 Å². The summed E-state index contributed by atoms with van der Waals surface area (Å²) >= 11 is 5.99. The monoisotopic (exact) mass is 371 g/mol. The van der Waals surface area contributed by atoms with Crippen molar-refractivity contribution >= 4 is 17.6 Å². The summed E-state index contributed by atoms with van der Waals surface area (Å²) in [4.78, 5) is 14.1. The van der Waals surface area contributed by atoms with Crippen LogP contribution >= 0.6 is 11.6 Å². The summed E-state index contributed by atoms with van der Waals surface area (Å²) in [6.07, 6.45) is 3.06. The van der Waals surface area contributed by atoms with Gasteiger partial charge in [0.25, 0.3) is 0 Å². The molecule has 0 aliphatic heterocycles. The van der Waals surface area contributed by atoms with Gasteiger partial charge in [-0.3, -0.25) is 4.90 Å². The molecule has 1 aliphatic carbocycles. The first kappa shape index (κ1) is 20.0. The van der Waals surface area contributed by atoms with E-state index in [1.165, 1.54) is 0 Å². The van der Waals surface area contributed by atoms with Crippen molar-refractivity contribution in [1.29, 1.82) is 0 Å². The molecule has 4 nitrogen and oxygen atoms in total. The molecule has 0 aromatic heterocycles. The number of benzene rings is 1. The Bertz CT molecular complexity index is 570. The number of hydrogen-bond acceptors (Lipinski definition) is 4. The maximum absolute atomic E-state index is 12.8. The zero-order chi connectivity index (χ0) is 18.2. The predicted octanol–water partition coefficient (Wildman–Crippen LogP) is 4.19. The van der Waals surface area contributed by atoms with E-state index in [1.807, 2.05) is 6.92 Å². The Kier molecular flexibility index (Phi) is 7.97. The first-order valence-corrected chi connectivity index (χ1v) is 9.50. The number of esters is 1. The molecule has 6 heteroatoms. The molecule has 0 spiro atoms. The van der Waals surface area contributed by atoms with Crippen LogP contribution in [0.2, 0.25) is 0 Å². The van der Waals surface area contributed by atoms with Gasteiger partial charge >= 0.3 is 5.97 Å². The standard InChI is InChI=1S/C19H27ClFNO3/c1-3-22(11-10-21)17-6-5-7-18(17)25-15-8-9-16(14(12-15)13-20)19(23)24-4-2/h8-9,12,17-18H,3-7,10-11,13H2,1-2H3/t17-,18-/m0/s1. The van der Waals surface area contributed by atoms with Crippen molar-refractivity contribution in [1.82, 2.24) is 4.90 Å². The van der Waals surface area contributed by atoms with E-state index >= 15 is 0 Å². The summed E-state index contributed by atoms with van der Waals surface area (Å²) in [6, 6.07) is 5.52. The maximum atomic E-state index is 12.8. The number of nitrogens with zero attached hydrogens (tertiary/aromatic N) is 1. The molecule has 1 aliphatic rings. The molecule has 2 rings (SSSR count). The van der Waals surface area contributed by atoms with Crippen LogP contribution in [0.15, 0.2) is 18.2 Å². The lowest BCUT2D eigenvalue weighted by Gasteiger charge is -2.31. The lowest BCUT2D eigenvalue weighted by atomic mass is 10.1. The van der Waals surface area contributed by atoms with Crippen molar-refractivity contribution in [2.45, 2.75) is 51.1 Å². The van der Waals surface area contributed by atoms with Gasteiger partial charge in [0.05, 0.1) is 12.2 Å². The zero-order valence-corrected chi connectivity index (χ0v) is 15.7. The van der Waals surface area contributed by atoms with Crippen molar-refractivity contribution in [3.8, 4) is 5.75 Å². The molecule has 1 fully saturated rings.